The second-order valence-electron chi connectivity index (χ2n) is 6.93. The highest BCUT2D eigenvalue weighted by molar-refractivity contribution is 5.54. The first kappa shape index (κ1) is 16.4. The van der Waals surface area contributed by atoms with Gasteiger partial charge in [-0.05, 0) is 43.7 Å². The minimum absolute atomic E-state index is 0.607. The van der Waals surface area contributed by atoms with Crippen molar-refractivity contribution in [2.75, 3.05) is 18.0 Å². The predicted octanol–water partition coefficient (Wildman–Crippen LogP) is 4.59. The summed E-state index contributed by atoms with van der Waals surface area (Å²) in [5.74, 6) is 0.827. The number of hydrogen-bond donors (Lipinski definition) is 1. The van der Waals surface area contributed by atoms with E-state index in [9.17, 15) is 0 Å². The van der Waals surface area contributed by atoms with Crippen LogP contribution < -0.4 is 10.2 Å². The molecule has 21 heavy (non-hydrogen) atoms. The van der Waals surface area contributed by atoms with Gasteiger partial charge in [0, 0.05) is 31.4 Å². The molecule has 1 heterocycles. The molecular weight excluding hydrogens is 256 g/mol. The van der Waals surface area contributed by atoms with Crippen LogP contribution >= 0.6 is 0 Å². The van der Waals surface area contributed by atoms with Gasteiger partial charge in [-0.15, -0.1) is 0 Å². The van der Waals surface area contributed by atoms with E-state index >= 15 is 0 Å². The molecule has 1 aliphatic rings. The molecule has 0 spiro atoms. The summed E-state index contributed by atoms with van der Waals surface area (Å²) in [5, 5.41) is 3.71. The molecule has 0 aromatic heterocycles. The molecule has 1 aliphatic heterocycles. The van der Waals surface area contributed by atoms with Gasteiger partial charge in [0.1, 0.15) is 0 Å². The lowest BCUT2D eigenvalue weighted by molar-refractivity contribution is 0.457. The summed E-state index contributed by atoms with van der Waals surface area (Å²) < 4.78 is 0. The summed E-state index contributed by atoms with van der Waals surface area (Å²) in [7, 11) is 0. The molecule has 2 rings (SSSR count). The number of nitrogens with one attached hydrogen (secondary N) is 1. The van der Waals surface area contributed by atoms with E-state index in [1.807, 2.05) is 0 Å². The summed E-state index contributed by atoms with van der Waals surface area (Å²) in [5.41, 5.74) is 2.90. The first-order valence-electron chi connectivity index (χ1n) is 8.73. The highest BCUT2D eigenvalue weighted by atomic mass is 15.1. The topological polar surface area (TPSA) is 15.3 Å². The Balaban J connectivity index is 1.82. The van der Waals surface area contributed by atoms with Crippen LogP contribution in [0.25, 0.3) is 0 Å². The molecule has 1 aromatic rings. The van der Waals surface area contributed by atoms with Crippen molar-refractivity contribution in [1.82, 2.24) is 5.32 Å². The fourth-order valence-electron chi connectivity index (χ4n) is 3.15. The third-order valence-electron chi connectivity index (χ3n) is 4.50. The van der Waals surface area contributed by atoms with Crippen LogP contribution in [0.1, 0.15) is 58.4 Å². The quantitative estimate of drug-likeness (QED) is 0.752. The molecule has 0 bridgehead atoms. The van der Waals surface area contributed by atoms with Gasteiger partial charge in [0.2, 0.25) is 0 Å². The van der Waals surface area contributed by atoms with Crippen molar-refractivity contribution in [3.63, 3.8) is 0 Å². The number of hydrogen-bond acceptors (Lipinski definition) is 2. The first-order chi connectivity index (χ1) is 10.2. The van der Waals surface area contributed by atoms with Crippen molar-refractivity contribution in [3.8, 4) is 0 Å². The number of anilines is 1. The molecule has 1 aromatic carbocycles. The maximum atomic E-state index is 3.71. The molecule has 1 atom stereocenters. The van der Waals surface area contributed by atoms with Crippen molar-refractivity contribution >= 4 is 5.69 Å². The maximum Gasteiger partial charge on any atom is 0.0411 e. The maximum absolute atomic E-state index is 3.71. The molecule has 2 heteroatoms. The van der Waals surface area contributed by atoms with Crippen LogP contribution in [0.15, 0.2) is 24.3 Å². The van der Waals surface area contributed by atoms with Gasteiger partial charge in [-0.3, -0.25) is 0 Å². The SMILES string of the molecule is CC(C)CCCC(C)NCc1ccccc1N1CCCC1. The van der Waals surface area contributed by atoms with Crippen LogP contribution in [-0.2, 0) is 6.54 Å². The van der Waals surface area contributed by atoms with E-state index in [0.717, 1.165) is 12.5 Å². The lowest BCUT2D eigenvalue weighted by Crippen LogP contribution is -2.27. The Morgan fingerprint density at radius 1 is 1.05 bits per heavy atom. The molecule has 0 aliphatic carbocycles. The van der Waals surface area contributed by atoms with Gasteiger partial charge in [0.05, 0.1) is 0 Å². The van der Waals surface area contributed by atoms with E-state index in [0.29, 0.717) is 6.04 Å². The van der Waals surface area contributed by atoms with E-state index in [2.05, 4.69) is 55.3 Å². The highest BCUT2D eigenvalue weighted by Crippen LogP contribution is 2.24. The van der Waals surface area contributed by atoms with Crippen molar-refractivity contribution < 1.29 is 0 Å². The molecule has 1 unspecified atom stereocenters. The highest BCUT2D eigenvalue weighted by Gasteiger charge is 2.15. The van der Waals surface area contributed by atoms with Gasteiger partial charge in [-0.2, -0.15) is 0 Å². The molecule has 2 nitrogen and oxygen atoms in total. The Morgan fingerprint density at radius 2 is 1.76 bits per heavy atom. The van der Waals surface area contributed by atoms with Crippen LogP contribution in [0, 0.1) is 5.92 Å². The summed E-state index contributed by atoms with van der Waals surface area (Å²) in [6, 6.07) is 9.51. The molecule has 1 saturated heterocycles. The second-order valence-corrected chi connectivity index (χ2v) is 6.93. The lowest BCUT2D eigenvalue weighted by atomic mass is 10.0. The lowest BCUT2D eigenvalue weighted by Gasteiger charge is -2.22. The zero-order valence-electron chi connectivity index (χ0n) is 14.1. The zero-order valence-corrected chi connectivity index (χ0v) is 14.1. The second kappa shape index (κ2) is 8.43. The van der Waals surface area contributed by atoms with Crippen molar-refractivity contribution in [2.45, 2.75) is 65.5 Å². The Kier molecular flexibility index (Phi) is 6.56. The molecule has 0 amide bonds. The van der Waals surface area contributed by atoms with Gasteiger partial charge < -0.3 is 10.2 Å². The minimum Gasteiger partial charge on any atom is -0.371 e. The van der Waals surface area contributed by atoms with Crippen LogP contribution in [0.5, 0.6) is 0 Å². The Morgan fingerprint density at radius 3 is 2.48 bits per heavy atom. The van der Waals surface area contributed by atoms with E-state index in [-0.39, 0.29) is 0 Å². The molecule has 0 radical (unpaired) electrons. The fourth-order valence-corrected chi connectivity index (χ4v) is 3.15. The van der Waals surface area contributed by atoms with Crippen LogP contribution in [-0.4, -0.2) is 19.1 Å². The van der Waals surface area contributed by atoms with Gasteiger partial charge >= 0.3 is 0 Å². The molecular formula is C19H32N2. The third kappa shape index (κ3) is 5.35. The smallest absolute Gasteiger partial charge is 0.0411 e. The number of benzene rings is 1. The van der Waals surface area contributed by atoms with Gasteiger partial charge in [0.25, 0.3) is 0 Å². The first-order valence-corrected chi connectivity index (χ1v) is 8.73. The Hall–Kier alpha value is -1.02. The molecule has 1 N–H and O–H groups in total. The van der Waals surface area contributed by atoms with Crippen LogP contribution in [0.4, 0.5) is 5.69 Å². The number of para-hydroxylation sites is 1. The van der Waals surface area contributed by atoms with Crippen molar-refractivity contribution in [2.24, 2.45) is 5.92 Å². The standard InChI is InChI=1S/C19H32N2/c1-16(2)9-8-10-17(3)20-15-18-11-4-5-12-19(18)21-13-6-7-14-21/h4-5,11-12,16-17,20H,6-10,13-15H2,1-3H3. The largest absolute Gasteiger partial charge is 0.371 e. The zero-order chi connectivity index (χ0) is 15.1. The van der Waals surface area contributed by atoms with E-state index < -0.39 is 0 Å². The van der Waals surface area contributed by atoms with Crippen molar-refractivity contribution in [3.05, 3.63) is 29.8 Å². The van der Waals surface area contributed by atoms with Gasteiger partial charge in [-0.25, -0.2) is 0 Å². The van der Waals surface area contributed by atoms with Gasteiger partial charge in [0.15, 0.2) is 0 Å². The van der Waals surface area contributed by atoms with Crippen LogP contribution in [0.2, 0.25) is 0 Å². The molecule has 1 fully saturated rings. The summed E-state index contributed by atoms with van der Waals surface area (Å²) in [4.78, 5) is 2.54. The van der Waals surface area contributed by atoms with Crippen molar-refractivity contribution in [1.29, 1.82) is 0 Å². The molecule has 118 valence electrons. The van der Waals surface area contributed by atoms with E-state index in [1.54, 1.807) is 0 Å². The van der Waals surface area contributed by atoms with Gasteiger partial charge in [-0.1, -0.05) is 44.9 Å². The third-order valence-corrected chi connectivity index (χ3v) is 4.50. The normalized spacial score (nSPS) is 16.7. The van der Waals surface area contributed by atoms with E-state index in [1.165, 1.54) is 56.4 Å². The Bertz CT molecular complexity index is 408. The summed E-state index contributed by atoms with van der Waals surface area (Å²) in [6.07, 6.45) is 6.64. The average Bonchev–Trinajstić information content (AvgIpc) is 2.99. The number of nitrogens with zero attached hydrogens (tertiary/aromatic N) is 1. The van der Waals surface area contributed by atoms with Crippen LogP contribution in [0.3, 0.4) is 0 Å². The Labute approximate surface area is 130 Å². The minimum atomic E-state index is 0.607. The molecule has 0 saturated carbocycles. The summed E-state index contributed by atoms with van der Waals surface area (Å²) >= 11 is 0. The van der Waals surface area contributed by atoms with E-state index in [4.69, 9.17) is 0 Å². The fraction of sp³-hybridized carbons (Fsp3) is 0.684. The predicted molar refractivity (Wildman–Crippen MR) is 92.9 cm³/mol. The monoisotopic (exact) mass is 288 g/mol. The number of rotatable bonds is 8. The summed E-state index contributed by atoms with van der Waals surface area (Å²) in [6.45, 7) is 10.4. The average molecular weight is 288 g/mol.